The van der Waals surface area contributed by atoms with Gasteiger partial charge in [-0.25, -0.2) is 8.42 Å². The van der Waals surface area contributed by atoms with Crippen LogP contribution in [0.5, 0.6) is 0 Å². The maximum atomic E-state index is 11.4. The van der Waals surface area contributed by atoms with Gasteiger partial charge in [-0.2, -0.15) is 0 Å². The Morgan fingerprint density at radius 1 is 1.50 bits per heavy atom. The Kier molecular flexibility index (Phi) is 2.16. The Hall–Kier alpha value is -0.580. The average Bonchev–Trinajstić information content (AvgIpc) is 2.26. The van der Waals surface area contributed by atoms with E-state index in [1.807, 2.05) is 0 Å². The van der Waals surface area contributed by atoms with Gasteiger partial charge >= 0.3 is 5.97 Å². The number of hydrogen-bond acceptors (Lipinski definition) is 4. The second-order valence-electron chi connectivity index (χ2n) is 3.14. The lowest BCUT2D eigenvalue weighted by Crippen LogP contribution is -2.40. The highest BCUT2D eigenvalue weighted by molar-refractivity contribution is 7.93. The molecule has 1 atom stereocenters. The summed E-state index contributed by atoms with van der Waals surface area (Å²) in [7, 11) is -2.06. The minimum atomic E-state index is -3.27. The zero-order chi connectivity index (χ0) is 9.41. The molecule has 0 amide bonds. The molecule has 1 saturated heterocycles. The van der Waals surface area contributed by atoms with Crippen molar-refractivity contribution in [2.45, 2.75) is 24.5 Å². The van der Waals surface area contributed by atoms with E-state index in [-0.39, 0.29) is 5.75 Å². The molecule has 12 heavy (non-hydrogen) atoms. The van der Waals surface area contributed by atoms with Gasteiger partial charge < -0.3 is 4.74 Å². The third-order valence-corrected chi connectivity index (χ3v) is 4.94. The Bertz CT molecular complexity index is 293. The highest BCUT2D eigenvalue weighted by Crippen LogP contribution is 2.32. The van der Waals surface area contributed by atoms with Crippen molar-refractivity contribution in [2.75, 3.05) is 12.9 Å². The van der Waals surface area contributed by atoms with Gasteiger partial charge in [-0.1, -0.05) is 0 Å². The van der Waals surface area contributed by atoms with Crippen LogP contribution >= 0.6 is 0 Å². The lowest BCUT2D eigenvalue weighted by molar-refractivity contribution is -0.143. The Morgan fingerprint density at radius 3 is 2.42 bits per heavy atom. The van der Waals surface area contributed by atoms with E-state index in [1.54, 1.807) is 0 Å². The van der Waals surface area contributed by atoms with Gasteiger partial charge in [0.05, 0.1) is 12.9 Å². The summed E-state index contributed by atoms with van der Waals surface area (Å²) < 4.78 is 25.9. The fourth-order valence-electron chi connectivity index (χ4n) is 1.43. The van der Waals surface area contributed by atoms with Crippen LogP contribution in [0, 0.1) is 0 Å². The summed E-state index contributed by atoms with van der Waals surface area (Å²) in [5, 5.41) is 0. The minimum Gasteiger partial charge on any atom is -0.468 e. The molecule has 4 nitrogen and oxygen atoms in total. The van der Waals surface area contributed by atoms with Crippen LogP contribution in [-0.4, -0.2) is 32.0 Å². The molecule has 1 fully saturated rings. The maximum Gasteiger partial charge on any atom is 0.326 e. The highest BCUT2D eigenvalue weighted by atomic mass is 32.2. The number of carbonyl (C=O) groups is 1. The number of esters is 1. The van der Waals surface area contributed by atoms with Crippen LogP contribution in [-0.2, 0) is 19.4 Å². The number of carbonyl (C=O) groups excluding carboxylic acids is 1. The van der Waals surface area contributed by atoms with Crippen molar-refractivity contribution in [3.8, 4) is 0 Å². The third kappa shape index (κ3) is 1.12. The largest absolute Gasteiger partial charge is 0.468 e. The van der Waals surface area contributed by atoms with E-state index < -0.39 is 20.6 Å². The summed E-state index contributed by atoms with van der Waals surface area (Å²) in [4.78, 5) is 11.2. The lowest BCUT2D eigenvalue weighted by Gasteiger charge is -2.18. The number of methoxy groups -OCH3 is 1. The fraction of sp³-hybridized carbons (Fsp3) is 0.857. The number of ether oxygens (including phenoxy) is 1. The van der Waals surface area contributed by atoms with Crippen LogP contribution in [0.2, 0.25) is 0 Å². The number of rotatable bonds is 1. The summed E-state index contributed by atoms with van der Waals surface area (Å²) in [6.07, 6.45) is 0.927. The second kappa shape index (κ2) is 2.73. The van der Waals surface area contributed by atoms with Crippen molar-refractivity contribution in [1.82, 2.24) is 0 Å². The van der Waals surface area contributed by atoms with E-state index in [1.165, 1.54) is 14.0 Å². The highest BCUT2D eigenvalue weighted by Gasteiger charge is 2.50. The van der Waals surface area contributed by atoms with E-state index in [9.17, 15) is 13.2 Å². The van der Waals surface area contributed by atoms with Crippen molar-refractivity contribution in [2.24, 2.45) is 0 Å². The molecule has 0 saturated carbocycles. The maximum absolute atomic E-state index is 11.4. The smallest absolute Gasteiger partial charge is 0.326 e. The van der Waals surface area contributed by atoms with Gasteiger partial charge in [-0.15, -0.1) is 0 Å². The molecule has 0 aromatic heterocycles. The molecular weight excluding hydrogens is 180 g/mol. The van der Waals surface area contributed by atoms with Crippen LogP contribution < -0.4 is 0 Å². The van der Waals surface area contributed by atoms with Crippen LogP contribution in [0.1, 0.15) is 19.8 Å². The molecule has 0 N–H and O–H groups in total. The van der Waals surface area contributed by atoms with Crippen LogP contribution in [0.25, 0.3) is 0 Å². The SMILES string of the molecule is COC(=O)C1(C)CCCS1(=O)=O. The predicted octanol–water partition coefficient (Wildman–Crippen LogP) is 0.127. The van der Waals surface area contributed by atoms with E-state index in [2.05, 4.69) is 4.74 Å². The fourth-order valence-corrected chi connectivity index (χ4v) is 3.19. The van der Waals surface area contributed by atoms with Crippen LogP contribution in [0.3, 0.4) is 0 Å². The summed E-state index contributed by atoms with van der Waals surface area (Å²) in [6, 6.07) is 0. The molecule has 5 heteroatoms. The Morgan fingerprint density at radius 2 is 2.08 bits per heavy atom. The lowest BCUT2D eigenvalue weighted by atomic mass is 10.1. The third-order valence-electron chi connectivity index (χ3n) is 2.37. The number of sulfone groups is 1. The van der Waals surface area contributed by atoms with Gasteiger partial charge in [-0.05, 0) is 19.8 Å². The molecule has 0 radical (unpaired) electrons. The number of hydrogen-bond donors (Lipinski definition) is 0. The average molecular weight is 192 g/mol. The molecule has 1 aliphatic rings. The Balaban J connectivity index is 3.07. The molecule has 0 bridgehead atoms. The second-order valence-corrected chi connectivity index (χ2v) is 5.68. The summed E-state index contributed by atoms with van der Waals surface area (Å²) in [5.41, 5.74) is 0. The molecule has 70 valence electrons. The van der Waals surface area contributed by atoms with Crippen molar-refractivity contribution in [3.05, 3.63) is 0 Å². The first-order valence-electron chi connectivity index (χ1n) is 3.75. The van der Waals surface area contributed by atoms with Crippen LogP contribution in [0.15, 0.2) is 0 Å². The van der Waals surface area contributed by atoms with E-state index in [0.29, 0.717) is 12.8 Å². The zero-order valence-electron chi connectivity index (χ0n) is 7.16. The molecule has 1 aliphatic heterocycles. The van der Waals surface area contributed by atoms with Gasteiger partial charge in [0.1, 0.15) is 0 Å². The molecule has 0 aromatic carbocycles. The Labute approximate surface area is 71.8 Å². The first-order chi connectivity index (χ1) is 5.44. The molecule has 0 aromatic rings. The molecule has 1 rings (SSSR count). The topological polar surface area (TPSA) is 60.4 Å². The molecular formula is C7H12O4S. The van der Waals surface area contributed by atoms with Crippen molar-refractivity contribution >= 4 is 15.8 Å². The molecule has 0 aliphatic carbocycles. The van der Waals surface area contributed by atoms with Gasteiger partial charge in [0.25, 0.3) is 0 Å². The van der Waals surface area contributed by atoms with E-state index in [0.717, 1.165) is 0 Å². The minimum absolute atomic E-state index is 0.0958. The summed E-state index contributed by atoms with van der Waals surface area (Å²) >= 11 is 0. The normalized spacial score (nSPS) is 33.2. The summed E-state index contributed by atoms with van der Waals surface area (Å²) in [6.45, 7) is 1.43. The van der Waals surface area contributed by atoms with Gasteiger partial charge in [0.15, 0.2) is 14.6 Å². The van der Waals surface area contributed by atoms with Gasteiger partial charge in [-0.3, -0.25) is 4.79 Å². The first kappa shape index (κ1) is 9.51. The molecule has 1 unspecified atom stereocenters. The van der Waals surface area contributed by atoms with Gasteiger partial charge in [0.2, 0.25) is 0 Å². The van der Waals surface area contributed by atoms with Gasteiger partial charge in [0, 0.05) is 0 Å². The van der Waals surface area contributed by atoms with E-state index in [4.69, 9.17) is 0 Å². The van der Waals surface area contributed by atoms with E-state index >= 15 is 0 Å². The van der Waals surface area contributed by atoms with Crippen molar-refractivity contribution in [1.29, 1.82) is 0 Å². The standard InChI is InChI=1S/C7H12O4S/c1-7(6(8)11-2)4-3-5-12(7,9)10/h3-5H2,1-2H3. The first-order valence-corrected chi connectivity index (χ1v) is 5.40. The quantitative estimate of drug-likeness (QED) is 0.554. The molecule has 0 spiro atoms. The molecule has 1 heterocycles. The summed E-state index contributed by atoms with van der Waals surface area (Å²) in [5.74, 6) is -0.543. The zero-order valence-corrected chi connectivity index (χ0v) is 7.98. The monoisotopic (exact) mass is 192 g/mol. The van der Waals surface area contributed by atoms with Crippen LogP contribution in [0.4, 0.5) is 0 Å². The van der Waals surface area contributed by atoms with Crippen molar-refractivity contribution < 1.29 is 17.9 Å². The van der Waals surface area contributed by atoms with Crippen molar-refractivity contribution in [3.63, 3.8) is 0 Å². The predicted molar refractivity (Wildman–Crippen MR) is 43.4 cm³/mol.